The summed E-state index contributed by atoms with van der Waals surface area (Å²) >= 11 is 1.49. The molecule has 0 radical (unpaired) electrons. The van der Waals surface area contributed by atoms with Gasteiger partial charge in [-0.15, -0.1) is 11.3 Å². The van der Waals surface area contributed by atoms with Crippen LogP contribution in [0, 0.1) is 5.92 Å². The summed E-state index contributed by atoms with van der Waals surface area (Å²) in [6.45, 7) is 0.586. The molecule has 1 aromatic heterocycles. The Morgan fingerprint density at radius 2 is 2.25 bits per heavy atom. The molecule has 1 saturated carbocycles. The average Bonchev–Trinajstić information content (AvgIpc) is 2.78. The van der Waals surface area contributed by atoms with Gasteiger partial charge in [-0.25, -0.2) is 4.79 Å². The Morgan fingerprint density at radius 3 is 2.85 bits per heavy atom. The molecule has 1 aliphatic carbocycles. The highest BCUT2D eigenvalue weighted by atomic mass is 32.1. The first-order chi connectivity index (χ1) is 9.54. The van der Waals surface area contributed by atoms with Crippen molar-refractivity contribution in [1.82, 2.24) is 4.90 Å². The number of thiophene rings is 1. The second-order valence-corrected chi connectivity index (χ2v) is 6.22. The summed E-state index contributed by atoms with van der Waals surface area (Å²) in [6.07, 6.45) is 6.98. The van der Waals surface area contributed by atoms with Crippen LogP contribution in [0.1, 0.15) is 36.1 Å². The lowest BCUT2D eigenvalue weighted by atomic mass is 9.83. The predicted octanol–water partition coefficient (Wildman–Crippen LogP) is 2.99. The summed E-state index contributed by atoms with van der Waals surface area (Å²) in [5, 5.41) is 10.5. The molecule has 1 fully saturated rings. The third-order valence-electron chi connectivity index (χ3n) is 3.60. The van der Waals surface area contributed by atoms with Gasteiger partial charge < -0.3 is 10.0 Å². The second-order valence-electron chi connectivity index (χ2n) is 5.28. The molecule has 1 aromatic rings. The molecule has 4 nitrogen and oxygen atoms in total. The number of carboxylic acids is 1. The van der Waals surface area contributed by atoms with Gasteiger partial charge in [0.15, 0.2) is 0 Å². The van der Waals surface area contributed by atoms with Crippen LogP contribution in [0.15, 0.2) is 17.5 Å². The van der Waals surface area contributed by atoms with Gasteiger partial charge in [0.2, 0.25) is 5.91 Å². The summed E-state index contributed by atoms with van der Waals surface area (Å²) in [4.78, 5) is 25.1. The minimum Gasteiger partial charge on any atom is -0.478 e. The summed E-state index contributed by atoms with van der Waals surface area (Å²) in [5.41, 5.74) is 1.05. The van der Waals surface area contributed by atoms with Crippen LogP contribution in [0.2, 0.25) is 0 Å². The molecule has 20 heavy (non-hydrogen) atoms. The molecule has 108 valence electrons. The third kappa shape index (κ3) is 4.20. The van der Waals surface area contributed by atoms with Crippen LogP contribution in [0.25, 0.3) is 6.08 Å². The van der Waals surface area contributed by atoms with Gasteiger partial charge in [-0.05, 0) is 41.8 Å². The van der Waals surface area contributed by atoms with Gasteiger partial charge in [0, 0.05) is 31.0 Å². The quantitative estimate of drug-likeness (QED) is 0.820. The smallest absolute Gasteiger partial charge is 0.328 e. The number of carbonyl (C=O) groups excluding carboxylic acids is 1. The molecule has 0 unspecified atom stereocenters. The Morgan fingerprint density at radius 1 is 1.50 bits per heavy atom. The Hall–Kier alpha value is -1.62. The van der Waals surface area contributed by atoms with Crippen LogP contribution in [0.5, 0.6) is 0 Å². The molecule has 1 N–H and O–H groups in total. The standard InChI is InChI=1S/C15H19NO3S/c1-16(14(17)8-11-3-2-4-11)9-12-7-13(20-10-12)5-6-15(18)19/h5-7,10-11H,2-4,8-9H2,1H3,(H,18,19)/b6-5+. The van der Waals surface area contributed by atoms with E-state index < -0.39 is 5.97 Å². The summed E-state index contributed by atoms with van der Waals surface area (Å²) in [7, 11) is 1.82. The van der Waals surface area contributed by atoms with E-state index in [-0.39, 0.29) is 5.91 Å². The van der Waals surface area contributed by atoms with Crippen LogP contribution in [0.3, 0.4) is 0 Å². The van der Waals surface area contributed by atoms with Crippen molar-refractivity contribution < 1.29 is 14.7 Å². The Kier molecular flexibility index (Phi) is 4.95. The maximum Gasteiger partial charge on any atom is 0.328 e. The van der Waals surface area contributed by atoms with E-state index in [2.05, 4.69) is 0 Å². The maximum absolute atomic E-state index is 12.0. The summed E-state index contributed by atoms with van der Waals surface area (Å²) in [6, 6.07) is 1.93. The highest BCUT2D eigenvalue weighted by Crippen LogP contribution is 2.30. The van der Waals surface area contributed by atoms with Gasteiger partial charge in [-0.1, -0.05) is 6.42 Å². The molecule has 2 rings (SSSR count). The average molecular weight is 293 g/mol. The van der Waals surface area contributed by atoms with Gasteiger partial charge >= 0.3 is 5.97 Å². The predicted molar refractivity (Wildman–Crippen MR) is 79.4 cm³/mol. The van der Waals surface area contributed by atoms with Crippen LogP contribution in [0.4, 0.5) is 0 Å². The van der Waals surface area contributed by atoms with E-state index in [4.69, 9.17) is 5.11 Å². The van der Waals surface area contributed by atoms with Crippen molar-refractivity contribution in [3.8, 4) is 0 Å². The van der Waals surface area contributed by atoms with Gasteiger partial charge in [-0.2, -0.15) is 0 Å². The summed E-state index contributed by atoms with van der Waals surface area (Å²) in [5.74, 6) is -0.169. The molecular formula is C15H19NO3S. The minimum absolute atomic E-state index is 0.198. The summed E-state index contributed by atoms with van der Waals surface area (Å²) < 4.78 is 0. The van der Waals surface area contributed by atoms with Gasteiger partial charge in [0.05, 0.1) is 0 Å². The maximum atomic E-state index is 12.0. The number of rotatable bonds is 6. The number of nitrogens with zero attached hydrogens (tertiary/aromatic N) is 1. The first-order valence-electron chi connectivity index (χ1n) is 6.77. The number of hydrogen-bond acceptors (Lipinski definition) is 3. The van der Waals surface area contributed by atoms with E-state index in [0.29, 0.717) is 18.9 Å². The van der Waals surface area contributed by atoms with Crippen molar-refractivity contribution in [1.29, 1.82) is 0 Å². The van der Waals surface area contributed by atoms with Crippen LogP contribution < -0.4 is 0 Å². The highest BCUT2D eigenvalue weighted by molar-refractivity contribution is 7.11. The molecule has 0 spiro atoms. The number of carboxylic acid groups (broad SMARTS) is 1. The lowest BCUT2D eigenvalue weighted by Gasteiger charge is -2.27. The van der Waals surface area contributed by atoms with Crippen molar-refractivity contribution in [2.24, 2.45) is 5.92 Å². The molecule has 5 heteroatoms. The fraction of sp³-hybridized carbons (Fsp3) is 0.467. The highest BCUT2D eigenvalue weighted by Gasteiger charge is 2.22. The SMILES string of the molecule is CN(Cc1csc(/C=C/C(=O)O)c1)C(=O)CC1CCC1. The molecule has 1 heterocycles. The lowest BCUT2D eigenvalue weighted by Crippen LogP contribution is -2.29. The Bertz CT molecular complexity index is 517. The van der Waals surface area contributed by atoms with Crippen LogP contribution in [-0.4, -0.2) is 28.9 Å². The topological polar surface area (TPSA) is 57.6 Å². The molecule has 1 aliphatic rings. The van der Waals surface area contributed by atoms with E-state index in [1.165, 1.54) is 30.6 Å². The monoisotopic (exact) mass is 293 g/mol. The van der Waals surface area contributed by atoms with Gasteiger partial charge in [-0.3, -0.25) is 4.79 Å². The van der Waals surface area contributed by atoms with Gasteiger partial charge in [0.1, 0.15) is 0 Å². The Balaban J connectivity index is 1.85. The third-order valence-corrected chi connectivity index (χ3v) is 4.54. The van der Waals surface area contributed by atoms with E-state index in [1.54, 1.807) is 11.0 Å². The van der Waals surface area contributed by atoms with E-state index in [1.807, 2.05) is 18.5 Å². The Labute approximate surface area is 122 Å². The zero-order valence-corrected chi connectivity index (χ0v) is 12.4. The van der Waals surface area contributed by atoms with Crippen molar-refractivity contribution >= 4 is 29.3 Å². The minimum atomic E-state index is -0.951. The molecule has 0 bridgehead atoms. The number of hydrogen-bond donors (Lipinski definition) is 1. The fourth-order valence-corrected chi connectivity index (χ4v) is 2.98. The van der Waals surface area contributed by atoms with Crippen LogP contribution >= 0.6 is 11.3 Å². The molecular weight excluding hydrogens is 274 g/mol. The van der Waals surface area contributed by atoms with Crippen molar-refractivity contribution in [3.63, 3.8) is 0 Å². The molecule has 0 atom stereocenters. The van der Waals surface area contributed by atoms with Crippen LogP contribution in [-0.2, 0) is 16.1 Å². The van der Waals surface area contributed by atoms with E-state index >= 15 is 0 Å². The number of aliphatic carboxylic acids is 1. The number of carbonyl (C=O) groups is 2. The second kappa shape index (κ2) is 6.70. The normalized spacial score (nSPS) is 15.2. The zero-order chi connectivity index (χ0) is 14.5. The van der Waals surface area contributed by atoms with Crippen molar-refractivity contribution in [2.75, 3.05) is 7.05 Å². The largest absolute Gasteiger partial charge is 0.478 e. The first kappa shape index (κ1) is 14.8. The lowest BCUT2D eigenvalue weighted by molar-refractivity contribution is -0.132. The zero-order valence-electron chi connectivity index (χ0n) is 11.5. The van der Waals surface area contributed by atoms with E-state index in [0.717, 1.165) is 16.5 Å². The first-order valence-corrected chi connectivity index (χ1v) is 7.65. The molecule has 1 amide bonds. The van der Waals surface area contributed by atoms with Crippen molar-refractivity contribution in [2.45, 2.75) is 32.2 Å². The number of amides is 1. The van der Waals surface area contributed by atoms with Crippen molar-refractivity contribution in [3.05, 3.63) is 28.0 Å². The molecule has 0 aromatic carbocycles. The van der Waals surface area contributed by atoms with E-state index in [9.17, 15) is 9.59 Å². The molecule has 0 aliphatic heterocycles. The van der Waals surface area contributed by atoms with Gasteiger partial charge in [0.25, 0.3) is 0 Å². The molecule has 0 saturated heterocycles. The fourth-order valence-electron chi connectivity index (χ4n) is 2.18.